The summed E-state index contributed by atoms with van der Waals surface area (Å²) in [5, 5.41) is 0.374. The maximum Gasteiger partial charge on any atom is 0.228 e. The van der Waals surface area contributed by atoms with Crippen molar-refractivity contribution in [3.8, 4) is 0 Å². The molecule has 0 N–H and O–H groups in total. The molecule has 1 aromatic carbocycles. The molecule has 0 unspecified atom stereocenters. The van der Waals surface area contributed by atoms with Gasteiger partial charge >= 0.3 is 0 Å². The van der Waals surface area contributed by atoms with Gasteiger partial charge in [-0.25, -0.2) is 13.4 Å². The first kappa shape index (κ1) is 28.0. The average molecular weight is 553 g/mol. The van der Waals surface area contributed by atoms with Crippen LogP contribution in [0.4, 0.5) is 0 Å². The van der Waals surface area contributed by atoms with Crippen molar-refractivity contribution < 1.29 is 22.7 Å². The molecule has 37 heavy (non-hydrogen) atoms. The van der Waals surface area contributed by atoms with Crippen LogP contribution in [0.1, 0.15) is 36.9 Å². The number of carbonyl (C=O) groups is 1. The molecule has 204 valence electrons. The quantitative estimate of drug-likeness (QED) is 0.399. The fourth-order valence-corrected chi connectivity index (χ4v) is 6.88. The second-order valence-corrected chi connectivity index (χ2v) is 12.0. The van der Waals surface area contributed by atoms with Crippen LogP contribution < -0.4 is 0 Å². The van der Waals surface area contributed by atoms with E-state index in [0.29, 0.717) is 55.7 Å². The van der Waals surface area contributed by atoms with Crippen molar-refractivity contribution in [3.05, 3.63) is 46.7 Å². The summed E-state index contributed by atoms with van der Waals surface area (Å²) in [7, 11) is -2.21. The highest BCUT2D eigenvalue weighted by molar-refractivity contribution is 7.90. The van der Waals surface area contributed by atoms with E-state index in [0.717, 1.165) is 45.3 Å². The van der Waals surface area contributed by atoms with E-state index in [-0.39, 0.29) is 22.7 Å². The van der Waals surface area contributed by atoms with Crippen LogP contribution >= 0.6 is 11.6 Å². The van der Waals surface area contributed by atoms with Crippen LogP contribution in [0.5, 0.6) is 0 Å². The summed E-state index contributed by atoms with van der Waals surface area (Å²) in [5.41, 5.74) is 1.21. The summed E-state index contributed by atoms with van der Waals surface area (Å²) in [6.45, 7) is 5.37. The van der Waals surface area contributed by atoms with Gasteiger partial charge in [-0.15, -0.1) is 0 Å². The molecule has 4 rings (SSSR count). The van der Waals surface area contributed by atoms with Gasteiger partial charge in [0, 0.05) is 50.8 Å². The average Bonchev–Trinajstić information content (AvgIpc) is 3.57. The third-order valence-corrected chi connectivity index (χ3v) is 9.10. The van der Waals surface area contributed by atoms with E-state index in [1.165, 1.54) is 0 Å². The van der Waals surface area contributed by atoms with Gasteiger partial charge in [-0.1, -0.05) is 42.6 Å². The van der Waals surface area contributed by atoms with Gasteiger partial charge in [0.25, 0.3) is 0 Å². The number of hydrogen-bond acceptors (Lipinski definition) is 7. The molecule has 1 aliphatic carbocycles. The van der Waals surface area contributed by atoms with E-state index in [9.17, 15) is 13.2 Å². The van der Waals surface area contributed by atoms with Gasteiger partial charge in [-0.3, -0.25) is 9.69 Å². The summed E-state index contributed by atoms with van der Waals surface area (Å²) < 4.78 is 39.3. The Morgan fingerprint density at radius 1 is 1.19 bits per heavy atom. The Labute approximate surface area is 224 Å². The first-order valence-corrected chi connectivity index (χ1v) is 15.0. The van der Waals surface area contributed by atoms with Gasteiger partial charge in [-0.05, 0) is 24.5 Å². The Morgan fingerprint density at radius 2 is 1.92 bits per heavy atom. The van der Waals surface area contributed by atoms with Crippen molar-refractivity contribution >= 4 is 27.3 Å². The van der Waals surface area contributed by atoms with Gasteiger partial charge < -0.3 is 18.9 Å². The molecule has 0 bridgehead atoms. The Bertz CT molecular complexity index is 1140. The number of nitrogens with zero attached hydrogens (tertiary/aromatic N) is 4. The lowest BCUT2D eigenvalue weighted by atomic mass is 10.1. The summed E-state index contributed by atoms with van der Waals surface area (Å²) in [4.78, 5) is 22.1. The number of benzene rings is 1. The van der Waals surface area contributed by atoms with E-state index in [1.807, 2.05) is 4.90 Å². The standard InChI is InChI=1S/C26H37ClN4O5S/c1-35-15-14-31-23(18-28-26(31)37(33,34)20-22-8-4-5-9-24(22)27)19-30(25(32)21-6-2-3-7-21)11-10-29-12-16-36-17-13-29/h4-5,8-9,18,21H,2-3,6-7,10-17,19-20H2,1H3. The van der Waals surface area contributed by atoms with Crippen molar-refractivity contribution in [3.63, 3.8) is 0 Å². The summed E-state index contributed by atoms with van der Waals surface area (Å²) in [5.74, 6) is -0.0770. The predicted octanol–water partition coefficient (Wildman–Crippen LogP) is 3.01. The van der Waals surface area contributed by atoms with Gasteiger partial charge in [0.1, 0.15) is 0 Å². The molecule has 11 heteroatoms. The van der Waals surface area contributed by atoms with Crippen LogP contribution in [-0.2, 0) is 42.9 Å². The largest absolute Gasteiger partial charge is 0.383 e. The number of morpholine rings is 1. The molecule has 0 radical (unpaired) electrons. The molecular weight excluding hydrogens is 516 g/mol. The second-order valence-electron chi connectivity index (χ2n) is 9.72. The van der Waals surface area contributed by atoms with Crippen molar-refractivity contribution in [2.24, 2.45) is 5.92 Å². The van der Waals surface area contributed by atoms with E-state index in [4.69, 9.17) is 21.1 Å². The van der Waals surface area contributed by atoms with Gasteiger partial charge in [0.2, 0.25) is 20.9 Å². The second kappa shape index (κ2) is 13.2. The van der Waals surface area contributed by atoms with E-state index in [2.05, 4.69) is 9.88 Å². The maximum absolute atomic E-state index is 13.5. The highest BCUT2D eigenvalue weighted by Gasteiger charge is 2.30. The third kappa shape index (κ3) is 7.32. The number of imidazole rings is 1. The highest BCUT2D eigenvalue weighted by Crippen LogP contribution is 2.28. The topological polar surface area (TPSA) is 94.0 Å². The first-order chi connectivity index (χ1) is 17.9. The first-order valence-electron chi connectivity index (χ1n) is 13.0. The lowest BCUT2D eigenvalue weighted by molar-refractivity contribution is -0.136. The lowest BCUT2D eigenvalue weighted by Crippen LogP contribution is -2.44. The zero-order valence-electron chi connectivity index (χ0n) is 21.5. The van der Waals surface area contributed by atoms with E-state index < -0.39 is 9.84 Å². The molecule has 0 atom stereocenters. The Balaban J connectivity index is 1.58. The number of ether oxygens (including phenoxy) is 2. The van der Waals surface area contributed by atoms with Crippen molar-refractivity contribution in [2.75, 3.05) is 53.1 Å². The number of aromatic nitrogens is 2. The number of methoxy groups -OCH3 is 1. The van der Waals surface area contributed by atoms with Gasteiger partial charge in [-0.2, -0.15) is 0 Å². The van der Waals surface area contributed by atoms with E-state index >= 15 is 0 Å². The molecule has 2 aromatic rings. The Morgan fingerprint density at radius 3 is 2.62 bits per heavy atom. The fourth-order valence-electron chi connectivity index (χ4n) is 5.05. The number of carbonyl (C=O) groups excluding carboxylic acids is 1. The predicted molar refractivity (Wildman–Crippen MR) is 141 cm³/mol. The smallest absolute Gasteiger partial charge is 0.228 e. The van der Waals surface area contributed by atoms with Crippen LogP contribution in [0, 0.1) is 5.92 Å². The SMILES string of the molecule is COCCn1c(CN(CCN2CCOCC2)C(=O)C2CCCC2)cnc1S(=O)(=O)Cc1ccccc1Cl. The zero-order chi connectivity index (χ0) is 26.3. The van der Waals surface area contributed by atoms with Gasteiger partial charge in [0.15, 0.2) is 0 Å². The molecule has 1 saturated heterocycles. The molecule has 2 heterocycles. The molecule has 1 aliphatic heterocycles. The minimum Gasteiger partial charge on any atom is -0.383 e. The van der Waals surface area contributed by atoms with Crippen molar-refractivity contribution in [1.82, 2.24) is 19.4 Å². The van der Waals surface area contributed by atoms with Crippen LogP contribution in [-0.4, -0.2) is 86.8 Å². The minimum atomic E-state index is -3.79. The normalized spacial score (nSPS) is 17.4. The van der Waals surface area contributed by atoms with Crippen LogP contribution in [0.15, 0.2) is 35.6 Å². The van der Waals surface area contributed by atoms with Gasteiger partial charge in [0.05, 0.1) is 44.0 Å². The lowest BCUT2D eigenvalue weighted by Gasteiger charge is -2.31. The van der Waals surface area contributed by atoms with Crippen LogP contribution in [0.2, 0.25) is 5.02 Å². The Kier molecular flexibility index (Phi) is 10.00. The summed E-state index contributed by atoms with van der Waals surface area (Å²) in [6, 6.07) is 6.91. The Hall–Kier alpha value is -1.98. The number of halogens is 1. The molecule has 1 saturated carbocycles. The monoisotopic (exact) mass is 552 g/mol. The number of hydrogen-bond donors (Lipinski definition) is 0. The third-order valence-electron chi connectivity index (χ3n) is 7.16. The number of sulfone groups is 1. The zero-order valence-corrected chi connectivity index (χ0v) is 23.1. The van der Waals surface area contributed by atoms with Crippen LogP contribution in [0.3, 0.4) is 0 Å². The molecule has 0 spiro atoms. The highest BCUT2D eigenvalue weighted by atomic mass is 35.5. The molecular formula is C26H37ClN4O5S. The molecule has 9 nitrogen and oxygen atoms in total. The summed E-state index contributed by atoms with van der Waals surface area (Å²) >= 11 is 6.24. The van der Waals surface area contributed by atoms with Crippen LogP contribution in [0.25, 0.3) is 0 Å². The molecule has 2 aliphatic rings. The van der Waals surface area contributed by atoms with E-state index in [1.54, 1.807) is 42.1 Å². The molecule has 2 fully saturated rings. The molecule has 1 amide bonds. The maximum atomic E-state index is 13.5. The van der Waals surface area contributed by atoms with Crippen molar-refractivity contribution in [1.29, 1.82) is 0 Å². The minimum absolute atomic E-state index is 0.0269. The summed E-state index contributed by atoms with van der Waals surface area (Å²) in [6.07, 6.45) is 5.55. The fraction of sp³-hybridized carbons (Fsp3) is 0.615. The molecule has 1 aromatic heterocycles. The number of amides is 1. The van der Waals surface area contributed by atoms with Crippen molar-refractivity contribution in [2.45, 2.75) is 49.7 Å². The number of rotatable bonds is 12.